The lowest BCUT2D eigenvalue weighted by molar-refractivity contribution is -0.134. The smallest absolute Gasteiger partial charge is 0.311 e. The summed E-state index contributed by atoms with van der Waals surface area (Å²) in [5, 5.41) is 0. The summed E-state index contributed by atoms with van der Waals surface area (Å²) in [5.41, 5.74) is 2.54. The number of allylic oxidation sites excluding steroid dienone is 2. The van der Waals surface area contributed by atoms with Gasteiger partial charge in [-0.2, -0.15) is 0 Å². The van der Waals surface area contributed by atoms with Gasteiger partial charge < -0.3 is 4.74 Å². The maximum atomic E-state index is 12.7. The summed E-state index contributed by atoms with van der Waals surface area (Å²) in [6.07, 6.45) is 26.4. The molecule has 3 nitrogen and oxygen atoms in total. The number of Topliss-reactive ketones (excluding diaryl/α,β-unsaturated/α-hetero) is 1. The Morgan fingerprint density at radius 2 is 1.55 bits per heavy atom. The van der Waals surface area contributed by atoms with Crippen LogP contribution in [0.15, 0.2) is 30.4 Å². The van der Waals surface area contributed by atoms with Gasteiger partial charge in [0.2, 0.25) is 0 Å². The van der Waals surface area contributed by atoms with Crippen LogP contribution in [0.4, 0.5) is 0 Å². The van der Waals surface area contributed by atoms with E-state index in [4.69, 9.17) is 4.74 Å². The number of ether oxygens (including phenoxy) is 1. The Kier molecular flexibility index (Phi) is 14.0. The van der Waals surface area contributed by atoms with E-state index >= 15 is 0 Å². The van der Waals surface area contributed by atoms with Crippen molar-refractivity contribution in [2.45, 2.75) is 156 Å². The number of hydrogen-bond acceptors (Lipinski definition) is 3. The first-order valence-corrected chi connectivity index (χ1v) is 16.9. The van der Waals surface area contributed by atoms with Crippen molar-refractivity contribution in [3.8, 4) is 5.75 Å². The van der Waals surface area contributed by atoms with Gasteiger partial charge in [-0.1, -0.05) is 97.3 Å². The van der Waals surface area contributed by atoms with Crippen molar-refractivity contribution >= 4 is 11.8 Å². The molecule has 1 saturated carbocycles. The molecule has 1 aromatic carbocycles. The summed E-state index contributed by atoms with van der Waals surface area (Å²) in [5.74, 6) is 2.52. The number of fused-ring (bicyclic) bond motifs is 1. The number of rotatable bonds is 18. The molecule has 4 atom stereocenters. The third kappa shape index (κ3) is 9.31. The monoisotopic (exact) mass is 550 g/mol. The standard InChI is InChI=1S/C37H58O3/c1-5-7-8-9-10-11-12-13-14-15-16-17-18-19-20-21-36(39)40-31-23-25-32-29(3)33(24-22-30(32)28-31)34-26-27-35(38)37(34,4)6-2/h13-14,23,25,28-29,33-34H,5-12,15-22,24,26-27H2,1-4H3/b14-13-/t29-,33-,34+,37+/m1/s1. The molecule has 224 valence electrons. The van der Waals surface area contributed by atoms with Gasteiger partial charge in [0, 0.05) is 18.3 Å². The Labute approximate surface area is 245 Å². The van der Waals surface area contributed by atoms with E-state index in [2.05, 4.69) is 52.0 Å². The molecule has 0 heterocycles. The van der Waals surface area contributed by atoms with Crippen molar-refractivity contribution in [3.63, 3.8) is 0 Å². The van der Waals surface area contributed by atoms with Gasteiger partial charge >= 0.3 is 5.97 Å². The highest BCUT2D eigenvalue weighted by Crippen LogP contribution is 2.53. The van der Waals surface area contributed by atoms with Crippen LogP contribution in [0.2, 0.25) is 0 Å². The van der Waals surface area contributed by atoms with Crippen LogP contribution in [-0.2, 0) is 16.0 Å². The van der Waals surface area contributed by atoms with Gasteiger partial charge in [0.25, 0.3) is 0 Å². The first-order chi connectivity index (χ1) is 19.4. The van der Waals surface area contributed by atoms with Gasteiger partial charge in [-0.3, -0.25) is 9.59 Å². The first-order valence-electron chi connectivity index (χ1n) is 16.9. The van der Waals surface area contributed by atoms with E-state index in [9.17, 15) is 9.59 Å². The molecule has 0 spiro atoms. The summed E-state index contributed by atoms with van der Waals surface area (Å²) in [6, 6.07) is 6.25. The molecule has 2 aliphatic rings. The molecule has 1 fully saturated rings. The molecule has 0 radical (unpaired) electrons. The number of benzene rings is 1. The van der Waals surface area contributed by atoms with Crippen LogP contribution in [0, 0.1) is 17.3 Å². The van der Waals surface area contributed by atoms with Crippen LogP contribution < -0.4 is 4.74 Å². The quantitative estimate of drug-likeness (QED) is 0.0790. The predicted molar refractivity (Wildman–Crippen MR) is 168 cm³/mol. The molecule has 0 aromatic heterocycles. The molecule has 2 aliphatic carbocycles. The number of hydrogen-bond donors (Lipinski definition) is 0. The molecule has 3 rings (SSSR count). The summed E-state index contributed by atoms with van der Waals surface area (Å²) in [6.45, 7) is 8.98. The van der Waals surface area contributed by atoms with Crippen LogP contribution in [0.5, 0.6) is 5.75 Å². The summed E-state index contributed by atoms with van der Waals surface area (Å²) >= 11 is 0. The fourth-order valence-electron chi connectivity index (χ4n) is 7.42. The molecule has 0 amide bonds. The van der Waals surface area contributed by atoms with Gasteiger partial charge in [-0.05, 0) is 98.8 Å². The molecular weight excluding hydrogens is 492 g/mol. The normalized spacial score (nSPS) is 24.5. The number of ketones is 1. The van der Waals surface area contributed by atoms with E-state index in [1.54, 1.807) is 0 Å². The fourth-order valence-corrected chi connectivity index (χ4v) is 7.42. The fraction of sp³-hybridized carbons (Fsp3) is 0.730. The van der Waals surface area contributed by atoms with E-state index in [1.165, 1.54) is 81.8 Å². The second kappa shape index (κ2) is 17.1. The van der Waals surface area contributed by atoms with Crippen LogP contribution in [0.25, 0.3) is 0 Å². The zero-order valence-electron chi connectivity index (χ0n) is 26.3. The van der Waals surface area contributed by atoms with E-state index < -0.39 is 0 Å². The van der Waals surface area contributed by atoms with Gasteiger partial charge in [0.05, 0.1) is 0 Å². The van der Waals surface area contributed by atoms with Crippen molar-refractivity contribution in [2.75, 3.05) is 0 Å². The Bertz CT molecular complexity index is 947. The third-order valence-corrected chi connectivity index (χ3v) is 10.3. The highest BCUT2D eigenvalue weighted by Gasteiger charge is 2.49. The zero-order chi connectivity index (χ0) is 28.8. The highest BCUT2D eigenvalue weighted by molar-refractivity contribution is 5.87. The number of aryl methyl sites for hydroxylation is 1. The van der Waals surface area contributed by atoms with Crippen molar-refractivity contribution < 1.29 is 14.3 Å². The van der Waals surface area contributed by atoms with E-state index in [1.807, 2.05) is 6.07 Å². The van der Waals surface area contributed by atoms with Crippen molar-refractivity contribution in [2.24, 2.45) is 17.3 Å². The summed E-state index contributed by atoms with van der Waals surface area (Å²) < 4.78 is 5.73. The first kappa shape index (κ1) is 32.6. The molecule has 3 heteroatoms. The van der Waals surface area contributed by atoms with Crippen molar-refractivity contribution in [1.29, 1.82) is 0 Å². The Balaban J connectivity index is 1.29. The molecular formula is C37H58O3. The van der Waals surface area contributed by atoms with Crippen molar-refractivity contribution in [3.05, 3.63) is 41.5 Å². The second-order valence-electron chi connectivity index (χ2n) is 13.0. The lowest BCUT2D eigenvalue weighted by Gasteiger charge is -2.41. The average Bonchev–Trinajstić information content (AvgIpc) is 3.25. The van der Waals surface area contributed by atoms with Gasteiger partial charge in [-0.15, -0.1) is 0 Å². The Morgan fingerprint density at radius 1 is 0.900 bits per heavy atom. The Hall–Kier alpha value is -1.90. The Morgan fingerprint density at radius 3 is 2.23 bits per heavy atom. The number of esters is 1. The number of carbonyl (C=O) groups excluding carboxylic acids is 2. The number of carbonyl (C=O) groups is 2. The van der Waals surface area contributed by atoms with E-state index in [0.29, 0.717) is 35.7 Å². The van der Waals surface area contributed by atoms with E-state index in [-0.39, 0.29) is 11.4 Å². The second-order valence-corrected chi connectivity index (χ2v) is 13.0. The predicted octanol–water partition coefficient (Wildman–Crippen LogP) is 10.7. The van der Waals surface area contributed by atoms with Crippen LogP contribution >= 0.6 is 0 Å². The molecule has 1 aromatic rings. The van der Waals surface area contributed by atoms with E-state index in [0.717, 1.165) is 44.9 Å². The molecule has 0 N–H and O–H groups in total. The minimum absolute atomic E-state index is 0.109. The summed E-state index contributed by atoms with van der Waals surface area (Å²) in [4.78, 5) is 25.1. The number of unbranched alkanes of at least 4 members (excludes halogenated alkanes) is 11. The van der Waals surface area contributed by atoms with Gasteiger partial charge in [0.15, 0.2) is 0 Å². The maximum absolute atomic E-state index is 12.7. The lowest BCUT2D eigenvalue weighted by atomic mass is 9.62. The molecule has 0 unspecified atom stereocenters. The van der Waals surface area contributed by atoms with Crippen LogP contribution in [0.1, 0.15) is 160 Å². The van der Waals surface area contributed by atoms with Crippen LogP contribution in [-0.4, -0.2) is 11.8 Å². The highest BCUT2D eigenvalue weighted by atomic mass is 16.5. The lowest BCUT2D eigenvalue weighted by Crippen LogP contribution is -2.36. The SMILES string of the molecule is CCCCCCCC/C=C\CCCCCCCC(=O)Oc1ccc2c(c1)CC[C@@H]([C@@H]1CCC(=O)[C@@]1(C)CC)[C@@H]2C. The molecule has 0 aliphatic heterocycles. The topological polar surface area (TPSA) is 43.4 Å². The van der Waals surface area contributed by atoms with Gasteiger partial charge in [-0.25, -0.2) is 0 Å². The molecule has 0 saturated heterocycles. The summed E-state index contributed by atoms with van der Waals surface area (Å²) in [7, 11) is 0. The molecule has 0 bridgehead atoms. The zero-order valence-corrected chi connectivity index (χ0v) is 26.3. The third-order valence-electron chi connectivity index (χ3n) is 10.3. The van der Waals surface area contributed by atoms with Crippen molar-refractivity contribution in [1.82, 2.24) is 0 Å². The maximum Gasteiger partial charge on any atom is 0.311 e. The minimum atomic E-state index is -0.157. The minimum Gasteiger partial charge on any atom is -0.427 e. The van der Waals surface area contributed by atoms with Gasteiger partial charge in [0.1, 0.15) is 11.5 Å². The average molecular weight is 551 g/mol. The van der Waals surface area contributed by atoms with Crippen LogP contribution in [0.3, 0.4) is 0 Å². The molecule has 40 heavy (non-hydrogen) atoms. The largest absolute Gasteiger partial charge is 0.427 e.